The number of anilines is 1. The molecule has 14 heteroatoms. The van der Waals surface area contributed by atoms with Gasteiger partial charge in [-0.1, -0.05) is 11.6 Å². The largest absolute Gasteiger partial charge is 0.480 e. The second kappa shape index (κ2) is 10.2. The van der Waals surface area contributed by atoms with Crippen LogP contribution in [-0.2, 0) is 11.3 Å². The van der Waals surface area contributed by atoms with Crippen LogP contribution in [0.5, 0.6) is 5.88 Å². The van der Waals surface area contributed by atoms with Crippen LogP contribution in [0.15, 0.2) is 52.3 Å². The van der Waals surface area contributed by atoms with Crippen molar-refractivity contribution >= 4 is 34.0 Å². The summed E-state index contributed by atoms with van der Waals surface area (Å²) in [6.45, 7) is 0.848. The Hall–Kier alpha value is -4.36. The molecule has 4 aromatic heterocycles. The van der Waals surface area contributed by atoms with E-state index in [4.69, 9.17) is 21.1 Å². The summed E-state index contributed by atoms with van der Waals surface area (Å²) in [6, 6.07) is 6.01. The summed E-state index contributed by atoms with van der Waals surface area (Å²) in [7, 11) is 2.96. The number of fused-ring (bicyclic) bond motifs is 2. The topological polar surface area (TPSA) is 95.9 Å². The van der Waals surface area contributed by atoms with Crippen molar-refractivity contribution in [3.63, 3.8) is 0 Å². The van der Waals surface area contributed by atoms with Crippen molar-refractivity contribution in [2.75, 3.05) is 32.2 Å². The molecule has 0 N–H and O–H groups in total. The van der Waals surface area contributed by atoms with E-state index in [0.717, 1.165) is 29.2 Å². The number of pyridine rings is 2. The zero-order valence-corrected chi connectivity index (χ0v) is 22.5. The van der Waals surface area contributed by atoms with Crippen molar-refractivity contribution in [2.24, 2.45) is 0 Å². The summed E-state index contributed by atoms with van der Waals surface area (Å²) in [5.41, 5.74) is -1.10. The smallest absolute Gasteiger partial charge is 0.337 e. The predicted octanol–water partition coefficient (Wildman–Crippen LogP) is 3.55. The molecule has 212 valence electrons. The standard InChI is InChI=1S/C27H22ClF3N6O4/c1-40-16-4-5-34(13-16)21-10-19-23(25(33-21)41-2)26(38)37(22-11-32-20-9-15(29)3-6-35(20)22)27(39)36(19)12-14-7-17(28)24(31)18(30)8-14/h3,6-11,16H,4-5,12-13H2,1-2H3/t16-/m1/s1. The van der Waals surface area contributed by atoms with Gasteiger partial charge in [-0.3, -0.25) is 13.8 Å². The second-order valence-corrected chi connectivity index (χ2v) is 9.96. The lowest BCUT2D eigenvalue weighted by Crippen LogP contribution is -2.40. The van der Waals surface area contributed by atoms with E-state index in [2.05, 4.69) is 9.97 Å². The van der Waals surface area contributed by atoms with E-state index in [9.17, 15) is 22.8 Å². The Morgan fingerprint density at radius 3 is 2.63 bits per heavy atom. The van der Waals surface area contributed by atoms with Gasteiger partial charge in [0.05, 0.1) is 36.5 Å². The quantitative estimate of drug-likeness (QED) is 0.281. The summed E-state index contributed by atoms with van der Waals surface area (Å²) in [5.74, 6) is -2.54. The lowest BCUT2D eigenvalue weighted by atomic mass is 10.2. The van der Waals surface area contributed by atoms with Crippen LogP contribution in [0.1, 0.15) is 12.0 Å². The van der Waals surface area contributed by atoms with Gasteiger partial charge in [0.1, 0.15) is 28.5 Å². The van der Waals surface area contributed by atoms with Gasteiger partial charge in [0.2, 0.25) is 5.88 Å². The Morgan fingerprint density at radius 2 is 1.93 bits per heavy atom. The van der Waals surface area contributed by atoms with E-state index in [1.54, 1.807) is 13.2 Å². The first-order valence-electron chi connectivity index (χ1n) is 12.5. The highest BCUT2D eigenvalue weighted by Gasteiger charge is 2.27. The molecule has 0 unspecified atom stereocenters. The van der Waals surface area contributed by atoms with Crippen molar-refractivity contribution in [2.45, 2.75) is 19.1 Å². The highest BCUT2D eigenvalue weighted by atomic mass is 35.5. The van der Waals surface area contributed by atoms with Crippen LogP contribution >= 0.6 is 11.6 Å². The van der Waals surface area contributed by atoms with Crippen LogP contribution in [-0.4, -0.2) is 56.9 Å². The Bertz CT molecular complexity index is 1930. The van der Waals surface area contributed by atoms with Crippen molar-refractivity contribution in [3.8, 4) is 11.7 Å². The third kappa shape index (κ3) is 4.50. The molecule has 5 aromatic rings. The van der Waals surface area contributed by atoms with E-state index in [0.29, 0.717) is 18.9 Å². The number of aromatic nitrogens is 5. The normalized spacial score (nSPS) is 15.4. The average Bonchev–Trinajstić information content (AvgIpc) is 3.60. The molecule has 0 aliphatic carbocycles. The maximum atomic E-state index is 14.3. The van der Waals surface area contributed by atoms with E-state index in [1.165, 1.54) is 34.5 Å². The van der Waals surface area contributed by atoms with Crippen LogP contribution in [0.25, 0.3) is 22.4 Å². The predicted molar refractivity (Wildman–Crippen MR) is 145 cm³/mol. The minimum atomic E-state index is -1.22. The zero-order valence-electron chi connectivity index (χ0n) is 21.8. The van der Waals surface area contributed by atoms with E-state index < -0.39 is 33.7 Å². The van der Waals surface area contributed by atoms with E-state index in [-0.39, 0.29) is 46.5 Å². The third-order valence-corrected chi connectivity index (χ3v) is 7.42. The molecule has 0 bridgehead atoms. The molecule has 0 spiro atoms. The molecule has 1 atom stereocenters. The van der Waals surface area contributed by atoms with Crippen LogP contribution in [0.2, 0.25) is 5.02 Å². The van der Waals surface area contributed by atoms with Crippen molar-refractivity contribution in [1.29, 1.82) is 0 Å². The highest BCUT2D eigenvalue weighted by molar-refractivity contribution is 6.30. The number of hydrogen-bond acceptors (Lipinski definition) is 7. The fourth-order valence-electron chi connectivity index (χ4n) is 5.12. The number of benzene rings is 1. The summed E-state index contributed by atoms with van der Waals surface area (Å²) in [6.07, 6.45) is 3.31. The lowest BCUT2D eigenvalue weighted by Gasteiger charge is -2.21. The van der Waals surface area contributed by atoms with Crippen LogP contribution < -0.4 is 20.9 Å². The molecule has 1 aromatic carbocycles. The van der Waals surface area contributed by atoms with Gasteiger partial charge in [-0.2, -0.15) is 4.98 Å². The number of imidazole rings is 1. The van der Waals surface area contributed by atoms with Crippen molar-refractivity contribution < 1.29 is 22.6 Å². The van der Waals surface area contributed by atoms with Gasteiger partial charge in [0, 0.05) is 38.5 Å². The fourth-order valence-corrected chi connectivity index (χ4v) is 5.35. The van der Waals surface area contributed by atoms with Crippen molar-refractivity contribution in [1.82, 2.24) is 23.5 Å². The molecule has 1 aliphatic heterocycles. The maximum Gasteiger partial charge on any atom is 0.337 e. The Balaban J connectivity index is 1.66. The average molecular weight is 587 g/mol. The number of nitrogens with zero attached hydrogens (tertiary/aromatic N) is 6. The van der Waals surface area contributed by atoms with Gasteiger partial charge in [-0.25, -0.2) is 27.5 Å². The molecule has 41 heavy (non-hydrogen) atoms. The molecule has 6 rings (SSSR count). The Kier molecular flexibility index (Phi) is 6.70. The first kappa shape index (κ1) is 26.8. The first-order valence-corrected chi connectivity index (χ1v) is 12.9. The van der Waals surface area contributed by atoms with E-state index >= 15 is 0 Å². The molecule has 0 amide bonds. The molecule has 5 heterocycles. The number of ether oxygens (including phenoxy) is 2. The zero-order chi connectivity index (χ0) is 29.0. The molecule has 1 fully saturated rings. The number of methoxy groups -OCH3 is 2. The fraction of sp³-hybridized carbons (Fsp3) is 0.259. The Labute approximate surface area is 234 Å². The van der Waals surface area contributed by atoms with Gasteiger partial charge in [0.15, 0.2) is 11.6 Å². The summed E-state index contributed by atoms with van der Waals surface area (Å²) in [5, 5.41) is -0.499. The lowest BCUT2D eigenvalue weighted by molar-refractivity contribution is 0.121. The number of halogens is 4. The molecule has 0 saturated carbocycles. The minimum absolute atomic E-state index is 0.0296. The van der Waals surface area contributed by atoms with Crippen LogP contribution in [0.3, 0.4) is 0 Å². The maximum absolute atomic E-state index is 14.3. The summed E-state index contributed by atoms with van der Waals surface area (Å²) in [4.78, 5) is 38.7. The summed E-state index contributed by atoms with van der Waals surface area (Å²) < 4.78 is 56.5. The minimum Gasteiger partial charge on any atom is -0.480 e. The van der Waals surface area contributed by atoms with Gasteiger partial charge in [0.25, 0.3) is 5.56 Å². The van der Waals surface area contributed by atoms with Crippen LogP contribution in [0.4, 0.5) is 19.0 Å². The Morgan fingerprint density at radius 1 is 1.12 bits per heavy atom. The molecule has 10 nitrogen and oxygen atoms in total. The molecular formula is C27H22ClF3N6O4. The number of hydrogen-bond donors (Lipinski definition) is 0. The summed E-state index contributed by atoms with van der Waals surface area (Å²) >= 11 is 5.90. The van der Waals surface area contributed by atoms with Gasteiger partial charge in [-0.15, -0.1) is 0 Å². The second-order valence-electron chi connectivity index (χ2n) is 9.55. The van der Waals surface area contributed by atoms with Gasteiger partial charge < -0.3 is 14.4 Å². The third-order valence-electron chi connectivity index (χ3n) is 7.15. The van der Waals surface area contributed by atoms with E-state index in [1.807, 2.05) is 4.90 Å². The van der Waals surface area contributed by atoms with Crippen molar-refractivity contribution in [3.05, 3.63) is 91.6 Å². The monoisotopic (exact) mass is 586 g/mol. The van der Waals surface area contributed by atoms with Crippen LogP contribution in [0, 0.1) is 17.5 Å². The molecule has 1 saturated heterocycles. The van der Waals surface area contributed by atoms with Gasteiger partial charge >= 0.3 is 5.69 Å². The SMILES string of the molecule is COc1nc(N2CC[C@@H](OC)C2)cc2c1c(=O)n(-c1cnc3cc(F)ccn13)c(=O)n2Cc1cc(F)c(F)c(Cl)c1. The molecule has 0 radical (unpaired) electrons. The highest BCUT2D eigenvalue weighted by Crippen LogP contribution is 2.29. The van der Waals surface area contributed by atoms with Gasteiger partial charge in [-0.05, 0) is 30.2 Å². The number of rotatable bonds is 6. The first-order chi connectivity index (χ1) is 19.7. The molecular weight excluding hydrogens is 565 g/mol. The molecule has 1 aliphatic rings.